The molecule has 1 aromatic heterocycles. The minimum Gasteiger partial charge on any atom is -0.469 e. The van der Waals surface area contributed by atoms with Gasteiger partial charge < -0.3 is 9.26 Å². The lowest BCUT2D eigenvalue weighted by molar-refractivity contribution is -0.145. The molecule has 0 N–H and O–H groups in total. The van der Waals surface area contributed by atoms with E-state index in [-0.39, 0.29) is 11.9 Å². The van der Waals surface area contributed by atoms with Gasteiger partial charge in [-0.3, -0.25) is 9.69 Å². The third kappa shape index (κ3) is 4.16. The second-order valence-electron chi connectivity index (χ2n) is 5.17. The first-order valence-corrected chi connectivity index (χ1v) is 6.87. The van der Waals surface area contributed by atoms with Gasteiger partial charge in [-0.05, 0) is 7.05 Å². The molecule has 0 radical (unpaired) electrons. The van der Waals surface area contributed by atoms with Crippen molar-refractivity contribution in [3.63, 3.8) is 0 Å². The number of hydrogen-bond acceptors (Lipinski definition) is 5. The van der Waals surface area contributed by atoms with Gasteiger partial charge in [0.1, 0.15) is 5.69 Å². The van der Waals surface area contributed by atoms with E-state index in [0.29, 0.717) is 13.1 Å². The first kappa shape index (κ1) is 15.3. The summed E-state index contributed by atoms with van der Waals surface area (Å²) in [5.41, 5.74) is 1.85. The molecule has 1 aromatic carbocycles. The third-order valence-corrected chi connectivity index (χ3v) is 3.24. The normalized spacial score (nSPS) is 12.4. The van der Waals surface area contributed by atoms with Crippen LogP contribution in [0.3, 0.4) is 0 Å². The van der Waals surface area contributed by atoms with E-state index in [2.05, 4.69) is 5.16 Å². The molecule has 2 rings (SSSR count). The van der Waals surface area contributed by atoms with E-state index in [0.717, 1.165) is 17.0 Å². The number of carbonyl (C=O) groups excluding carboxylic acids is 1. The topological polar surface area (TPSA) is 55.6 Å². The zero-order valence-electron chi connectivity index (χ0n) is 12.6. The molecule has 1 unspecified atom stereocenters. The molecule has 0 amide bonds. The standard InChI is InChI=1S/C16H20N2O3/c1-12(16(19)20-3)10-18(2)11-14-9-15(17-21-14)13-7-5-4-6-8-13/h4-9,12H,10-11H2,1-3H3. The molecule has 21 heavy (non-hydrogen) atoms. The number of ether oxygens (including phenoxy) is 1. The summed E-state index contributed by atoms with van der Waals surface area (Å²) < 4.78 is 10.1. The average molecular weight is 288 g/mol. The maximum Gasteiger partial charge on any atom is 0.309 e. The van der Waals surface area contributed by atoms with Crippen LogP contribution in [0.15, 0.2) is 40.9 Å². The molecule has 5 heteroatoms. The Labute approximate surface area is 124 Å². The highest BCUT2D eigenvalue weighted by Gasteiger charge is 2.16. The maximum absolute atomic E-state index is 11.4. The Kier molecular flexibility index (Phi) is 5.11. The Bertz CT molecular complexity index is 580. The van der Waals surface area contributed by atoms with Crippen LogP contribution in [-0.2, 0) is 16.1 Å². The van der Waals surface area contributed by atoms with Crippen LogP contribution < -0.4 is 0 Å². The Morgan fingerprint density at radius 2 is 2.10 bits per heavy atom. The van der Waals surface area contributed by atoms with Crippen molar-refractivity contribution in [1.29, 1.82) is 0 Å². The van der Waals surface area contributed by atoms with Crippen molar-refractivity contribution in [2.75, 3.05) is 20.7 Å². The molecular weight excluding hydrogens is 268 g/mol. The zero-order valence-corrected chi connectivity index (χ0v) is 12.6. The quantitative estimate of drug-likeness (QED) is 0.765. The van der Waals surface area contributed by atoms with E-state index in [4.69, 9.17) is 9.26 Å². The number of methoxy groups -OCH3 is 1. The highest BCUT2D eigenvalue weighted by Crippen LogP contribution is 2.19. The van der Waals surface area contributed by atoms with E-state index in [1.54, 1.807) is 0 Å². The number of carbonyl (C=O) groups is 1. The zero-order chi connectivity index (χ0) is 15.2. The van der Waals surface area contributed by atoms with Crippen LogP contribution in [0, 0.1) is 5.92 Å². The molecule has 0 saturated carbocycles. The fraction of sp³-hybridized carbons (Fsp3) is 0.375. The summed E-state index contributed by atoms with van der Waals surface area (Å²) in [6.45, 7) is 3.05. The van der Waals surface area contributed by atoms with Crippen molar-refractivity contribution >= 4 is 5.97 Å². The van der Waals surface area contributed by atoms with Gasteiger partial charge in [0.05, 0.1) is 19.6 Å². The van der Waals surface area contributed by atoms with Crippen LogP contribution in [0.4, 0.5) is 0 Å². The predicted octanol–water partition coefficient (Wildman–Crippen LogP) is 2.58. The molecule has 0 aliphatic carbocycles. The van der Waals surface area contributed by atoms with Crippen molar-refractivity contribution in [2.24, 2.45) is 5.92 Å². The first-order chi connectivity index (χ1) is 10.1. The largest absolute Gasteiger partial charge is 0.469 e. The molecule has 0 aliphatic heterocycles. The van der Waals surface area contributed by atoms with Gasteiger partial charge in [0.25, 0.3) is 0 Å². The van der Waals surface area contributed by atoms with Crippen LogP contribution >= 0.6 is 0 Å². The molecular formula is C16H20N2O3. The number of hydrogen-bond donors (Lipinski definition) is 0. The summed E-state index contributed by atoms with van der Waals surface area (Å²) in [5.74, 6) is 0.398. The molecule has 1 atom stereocenters. The van der Waals surface area contributed by atoms with E-state index < -0.39 is 0 Å². The summed E-state index contributed by atoms with van der Waals surface area (Å²) in [7, 11) is 3.34. The third-order valence-electron chi connectivity index (χ3n) is 3.24. The SMILES string of the molecule is COC(=O)C(C)CN(C)Cc1cc(-c2ccccc2)no1. The van der Waals surface area contributed by atoms with Crippen molar-refractivity contribution in [3.05, 3.63) is 42.2 Å². The van der Waals surface area contributed by atoms with Gasteiger partial charge in [0.15, 0.2) is 5.76 Å². The number of rotatable bonds is 6. The van der Waals surface area contributed by atoms with Gasteiger partial charge in [-0.2, -0.15) is 0 Å². The second-order valence-corrected chi connectivity index (χ2v) is 5.17. The monoisotopic (exact) mass is 288 g/mol. The Morgan fingerprint density at radius 1 is 1.38 bits per heavy atom. The molecule has 0 aliphatic rings. The number of benzene rings is 1. The first-order valence-electron chi connectivity index (χ1n) is 6.87. The summed E-state index contributed by atoms with van der Waals surface area (Å²) in [5, 5.41) is 4.08. The summed E-state index contributed by atoms with van der Waals surface area (Å²) >= 11 is 0. The molecule has 0 bridgehead atoms. The lowest BCUT2D eigenvalue weighted by Crippen LogP contribution is -2.28. The van der Waals surface area contributed by atoms with E-state index >= 15 is 0 Å². The van der Waals surface area contributed by atoms with Gasteiger partial charge in [-0.15, -0.1) is 0 Å². The minimum absolute atomic E-state index is 0.170. The van der Waals surface area contributed by atoms with Crippen LogP contribution in [0.1, 0.15) is 12.7 Å². The van der Waals surface area contributed by atoms with Gasteiger partial charge in [0.2, 0.25) is 0 Å². The fourth-order valence-corrected chi connectivity index (χ4v) is 2.21. The van der Waals surface area contributed by atoms with Crippen LogP contribution in [0.2, 0.25) is 0 Å². The van der Waals surface area contributed by atoms with Gasteiger partial charge in [-0.25, -0.2) is 0 Å². The second kappa shape index (κ2) is 7.04. The fourth-order valence-electron chi connectivity index (χ4n) is 2.21. The summed E-state index contributed by atoms with van der Waals surface area (Å²) in [6.07, 6.45) is 0. The molecule has 5 nitrogen and oxygen atoms in total. The van der Waals surface area contributed by atoms with Gasteiger partial charge >= 0.3 is 5.97 Å². The van der Waals surface area contributed by atoms with Crippen molar-refractivity contribution in [3.8, 4) is 11.3 Å². The molecule has 0 saturated heterocycles. The number of aromatic nitrogens is 1. The molecule has 2 aromatic rings. The summed E-state index contributed by atoms with van der Waals surface area (Å²) in [6, 6.07) is 11.8. The van der Waals surface area contributed by atoms with Crippen molar-refractivity contribution < 1.29 is 14.1 Å². The van der Waals surface area contributed by atoms with Gasteiger partial charge in [-0.1, -0.05) is 42.4 Å². The lowest BCUT2D eigenvalue weighted by atomic mass is 10.1. The molecule has 1 heterocycles. The highest BCUT2D eigenvalue weighted by atomic mass is 16.5. The Hall–Kier alpha value is -2.14. The van der Waals surface area contributed by atoms with Crippen LogP contribution in [-0.4, -0.2) is 36.7 Å². The Morgan fingerprint density at radius 3 is 2.76 bits per heavy atom. The highest BCUT2D eigenvalue weighted by molar-refractivity contribution is 5.72. The lowest BCUT2D eigenvalue weighted by Gasteiger charge is -2.18. The number of nitrogens with zero attached hydrogens (tertiary/aromatic N) is 2. The Balaban J connectivity index is 1.95. The molecule has 0 fully saturated rings. The van der Waals surface area contributed by atoms with Crippen molar-refractivity contribution in [2.45, 2.75) is 13.5 Å². The van der Waals surface area contributed by atoms with Crippen LogP contribution in [0.25, 0.3) is 11.3 Å². The van der Waals surface area contributed by atoms with Crippen LogP contribution in [0.5, 0.6) is 0 Å². The smallest absolute Gasteiger partial charge is 0.309 e. The molecule has 112 valence electrons. The van der Waals surface area contributed by atoms with E-state index in [1.165, 1.54) is 7.11 Å². The van der Waals surface area contributed by atoms with E-state index in [9.17, 15) is 4.79 Å². The predicted molar refractivity (Wildman–Crippen MR) is 79.5 cm³/mol. The maximum atomic E-state index is 11.4. The molecule has 0 spiro atoms. The van der Waals surface area contributed by atoms with Crippen molar-refractivity contribution in [1.82, 2.24) is 10.1 Å². The summed E-state index contributed by atoms with van der Waals surface area (Å²) in [4.78, 5) is 13.4. The number of esters is 1. The minimum atomic E-state index is -0.204. The average Bonchev–Trinajstić information content (AvgIpc) is 2.95. The van der Waals surface area contributed by atoms with Gasteiger partial charge in [0, 0.05) is 18.2 Å². The van der Waals surface area contributed by atoms with E-state index in [1.807, 2.05) is 55.3 Å².